The number of unbranched alkanes of at least 4 members (excludes halogenated alkanes) is 16. The zero-order valence-corrected chi connectivity index (χ0v) is 24.1. The monoisotopic (exact) mass is 533 g/mol. The number of aliphatic carboxylic acids is 2. The zero-order valence-electron chi connectivity index (χ0n) is 24.1. The molecule has 8 nitrogen and oxygen atoms in total. The second kappa shape index (κ2) is 41.4. The van der Waals surface area contributed by atoms with Gasteiger partial charge in [-0.25, -0.2) is 0 Å². The average Bonchev–Trinajstić information content (AvgIpc) is 2.87. The van der Waals surface area contributed by atoms with Crippen LogP contribution in [0.4, 0.5) is 0 Å². The van der Waals surface area contributed by atoms with Crippen molar-refractivity contribution in [2.24, 2.45) is 0 Å². The Morgan fingerprint density at radius 3 is 0.973 bits per heavy atom. The molecule has 0 heterocycles. The topological polar surface area (TPSA) is 159 Å². The number of hydrogen-bond acceptors (Lipinski definition) is 6. The van der Waals surface area contributed by atoms with Gasteiger partial charge < -0.3 is 25.5 Å². The van der Waals surface area contributed by atoms with Crippen molar-refractivity contribution >= 4 is 11.9 Å². The van der Waals surface area contributed by atoms with Crippen molar-refractivity contribution in [1.82, 2.24) is 0 Å². The van der Waals surface area contributed by atoms with Gasteiger partial charge in [-0.15, -0.1) is 0 Å². The molecule has 0 fully saturated rings. The van der Waals surface area contributed by atoms with Crippen LogP contribution in [0.1, 0.15) is 149 Å². The van der Waals surface area contributed by atoms with E-state index >= 15 is 0 Å². The third-order valence-corrected chi connectivity index (χ3v) is 5.41. The molecular weight excluding hydrogens is 474 g/mol. The molecule has 0 saturated heterocycles. The van der Waals surface area contributed by atoms with Crippen LogP contribution >= 0.6 is 0 Å². The van der Waals surface area contributed by atoms with E-state index in [0.717, 1.165) is 25.7 Å². The van der Waals surface area contributed by atoms with Gasteiger partial charge in [0.1, 0.15) is 6.10 Å². The molecular formula is C29H59NO7. The molecule has 5 N–H and O–H groups in total. The SMILES string of the molecule is CC#N.CCCCCCCCCCCC(=O)O.CCCCCCCCCCCC(=O)O.OCC(O)CO. The van der Waals surface area contributed by atoms with E-state index in [0.29, 0.717) is 12.8 Å². The minimum atomic E-state index is -0.954. The smallest absolute Gasteiger partial charge is 0.303 e. The fourth-order valence-electron chi connectivity index (χ4n) is 3.23. The Labute approximate surface area is 227 Å². The van der Waals surface area contributed by atoms with Crippen molar-refractivity contribution in [3.8, 4) is 6.07 Å². The molecule has 8 heteroatoms. The Hall–Kier alpha value is -1.69. The molecule has 0 amide bonds. The van der Waals surface area contributed by atoms with Crippen LogP contribution in [0.25, 0.3) is 0 Å². The van der Waals surface area contributed by atoms with E-state index in [1.807, 2.05) is 0 Å². The fraction of sp³-hybridized carbons (Fsp3) is 0.897. The molecule has 0 aliphatic rings. The summed E-state index contributed by atoms with van der Waals surface area (Å²) in [6.07, 6.45) is 22.0. The van der Waals surface area contributed by atoms with Gasteiger partial charge in [0, 0.05) is 19.8 Å². The highest BCUT2D eigenvalue weighted by Gasteiger charge is 1.97. The standard InChI is InChI=1S/2C12H24O2.C3H8O3.C2H3N/c2*1-2-3-4-5-6-7-8-9-10-11-12(13)14;4-1-3(6)2-5;1-2-3/h2*2-11H2,1H3,(H,13,14);3-6H,1-2H2;1H3. The lowest BCUT2D eigenvalue weighted by atomic mass is 10.1. The first kappa shape index (κ1) is 42.4. The molecule has 0 aromatic carbocycles. The highest BCUT2D eigenvalue weighted by atomic mass is 16.4. The van der Waals surface area contributed by atoms with Gasteiger partial charge in [-0.05, 0) is 12.8 Å². The minimum absolute atomic E-state index is 0.343. The maximum absolute atomic E-state index is 10.2. The molecule has 0 saturated carbocycles. The van der Waals surface area contributed by atoms with Crippen LogP contribution in [0.15, 0.2) is 0 Å². The number of carboxylic acid groups (broad SMARTS) is 2. The van der Waals surface area contributed by atoms with Gasteiger partial charge in [-0.1, -0.05) is 117 Å². The number of nitrogens with zero attached hydrogens (tertiary/aromatic N) is 1. The summed E-state index contributed by atoms with van der Waals surface area (Å²) in [4.78, 5) is 20.4. The maximum atomic E-state index is 10.2. The third-order valence-electron chi connectivity index (χ3n) is 5.41. The average molecular weight is 534 g/mol. The maximum Gasteiger partial charge on any atom is 0.303 e. The van der Waals surface area contributed by atoms with Crippen molar-refractivity contribution in [2.45, 2.75) is 155 Å². The molecule has 0 atom stereocenters. The number of carboxylic acids is 2. The molecule has 0 unspecified atom stereocenters. The van der Waals surface area contributed by atoms with Gasteiger partial charge in [0.05, 0.1) is 19.3 Å². The summed E-state index contributed by atoms with van der Waals surface area (Å²) in [7, 11) is 0. The van der Waals surface area contributed by atoms with Gasteiger partial charge in [0.25, 0.3) is 0 Å². The lowest BCUT2D eigenvalue weighted by Gasteiger charge is -2.00. The summed E-state index contributed by atoms with van der Waals surface area (Å²) in [5.41, 5.74) is 0. The number of rotatable bonds is 22. The number of aliphatic hydroxyl groups is 3. The second-order valence-electron chi connectivity index (χ2n) is 9.19. The first-order valence-electron chi connectivity index (χ1n) is 14.4. The fourth-order valence-corrected chi connectivity index (χ4v) is 3.23. The predicted octanol–water partition coefficient (Wildman–Crippen LogP) is 6.85. The van der Waals surface area contributed by atoms with Crippen LogP contribution in [-0.2, 0) is 9.59 Å². The minimum Gasteiger partial charge on any atom is -0.481 e. The van der Waals surface area contributed by atoms with E-state index in [4.69, 9.17) is 30.8 Å². The summed E-state index contributed by atoms with van der Waals surface area (Å²) < 4.78 is 0. The summed E-state index contributed by atoms with van der Waals surface area (Å²) in [5, 5.41) is 48.2. The third kappa shape index (κ3) is 60.6. The Morgan fingerprint density at radius 2 is 0.811 bits per heavy atom. The van der Waals surface area contributed by atoms with E-state index in [9.17, 15) is 9.59 Å². The van der Waals surface area contributed by atoms with Crippen LogP contribution in [0.2, 0.25) is 0 Å². The van der Waals surface area contributed by atoms with E-state index in [1.54, 1.807) is 6.07 Å². The van der Waals surface area contributed by atoms with Crippen molar-refractivity contribution in [1.29, 1.82) is 5.26 Å². The van der Waals surface area contributed by atoms with Crippen LogP contribution in [0.3, 0.4) is 0 Å². The van der Waals surface area contributed by atoms with Crippen molar-refractivity contribution < 1.29 is 35.1 Å². The van der Waals surface area contributed by atoms with Crippen LogP contribution < -0.4 is 0 Å². The summed E-state index contributed by atoms with van der Waals surface area (Å²) >= 11 is 0. The second-order valence-corrected chi connectivity index (χ2v) is 9.19. The van der Waals surface area contributed by atoms with Gasteiger partial charge in [-0.3, -0.25) is 9.59 Å². The van der Waals surface area contributed by atoms with Crippen LogP contribution in [0.5, 0.6) is 0 Å². The summed E-state index contributed by atoms with van der Waals surface area (Å²) in [6, 6.07) is 1.75. The van der Waals surface area contributed by atoms with Gasteiger partial charge >= 0.3 is 11.9 Å². The van der Waals surface area contributed by atoms with Crippen LogP contribution in [0, 0.1) is 11.3 Å². The Kier molecular flexibility index (Phi) is 47.5. The van der Waals surface area contributed by atoms with E-state index in [1.165, 1.54) is 96.8 Å². The lowest BCUT2D eigenvalue weighted by molar-refractivity contribution is -0.138. The molecule has 222 valence electrons. The lowest BCUT2D eigenvalue weighted by Crippen LogP contribution is -2.15. The number of aliphatic hydroxyl groups excluding tert-OH is 3. The molecule has 0 aliphatic carbocycles. The largest absolute Gasteiger partial charge is 0.481 e. The van der Waals surface area contributed by atoms with E-state index in [2.05, 4.69) is 13.8 Å². The molecule has 0 bridgehead atoms. The Bertz CT molecular complexity index is 445. The van der Waals surface area contributed by atoms with Gasteiger partial charge in [0.15, 0.2) is 0 Å². The molecule has 0 rings (SSSR count). The summed E-state index contributed by atoms with van der Waals surface area (Å²) in [5.74, 6) is -1.32. The van der Waals surface area contributed by atoms with Gasteiger partial charge in [0.2, 0.25) is 0 Å². The molecule has 0 aromatic rings. The Morgan fingerprint density at radius 1 is 0.595 bits per heavy atom. The van der Waals surface area contributed by atoms with Crippen molar-refractivity contribution in [2.75, 3.05) is 13.2 Å². The zero-order chi connectivity index (χ0) is 29.0. The first-order chi connectivity index (χ1) is 17.8. The van der Waals surface area contributed by atoms with Gasteiger partial charge in [-0.2, -0.15) is 5.26 Å². The normalized spacial score (nSPS) is 9.68. The highest BCUT2D eigenvalue weighted by Crippen LogP contribution is 2.11. The number of carbonyl (C=O) groups is 2. The number of hydrogen-bond donors (Lipinski definition) is 5. The van der Waals surface area contributed by atoms with Crippen LogP contribution in [-0.4, -0.2) is 56.8 Å². The van der Waals surface area contributed by atoms with E-state index in [-0.39, 0.29) is 13.2 Å². The van der Waals surface area contributed by atoms with Crippen molar-refractivity contribution in [3.63, 3.8) is 0 Å². The molecule has 0 aliphatic heterocycles. The van der Waals surface area contributed by atoms with Crippen molar-refractivity contribution in [3.05, 3.63) is 0 Å². The first-order valence-corrected chi connectivity index (χ1v) is 14.4. The molecule has 0 spiro atoms. The molecule has 0 aromatic heterocycles. The predicted molar refractivity (Wildman–Crippen MR) is 150 cm³/mol. The molecule has 0 radical (unpaired) electrons. The Balaban J connectivity index is -0.000000223. The number of nitriles is 1. The van der Waals surface area contributed by atoms with E-state index < -0.39 is 18.0 Å². The highest BCUT2D eigenvalue weighted by molar-refractivity contribution is 5.66. The molecule has 37 heavy (non-hydrogen) atoms. The summed E-state index contributed by atoms with van der Waals surface area (Å²) in [6.45, 7) is 5.16. The quantitative estimate of drug-likeness (QED) is 0.0945.